The third kappa shape index (κ3) is 2.03. The predicted octanol–water partition coefficient (Wildman–Crippen LogP) is -2.13. The van der Waals surface area contributed by atoms with E-state index < -0.39 is 18.5 Å². The quantitative estimate of drug-likeness (QED) is 0.315. The number of carbonyl (C=O) groups is 1. The van der Waals surface area contributed by atoms with Gasteiger partial charge in [0.1, 0.15) is 0 Å². The maximum atomic E-state index is 9.99. The molecule has 0 rings (SSSR count). The van der Waals surface area contributed by atoms with Crippen LogP contribution >= 0.6 is 0 Å². The van der Waals surface area contributed by atoms with E-state index in [0.717, 1.165) is 7.11 Å². The molecule has 5 nitrogen and oxygen atoms in total. The Kier molecular flexibility index (Phi) is 3.45. The van der Waals surface area contributed by atoms with Gasteiger partial charge in [0, 0.05) is 7.11 Å². The summed E-state index contributed by atoms with van der Waals surface area (Å²) in [6.45, 7) is -0.940. The number of aliphatic hydroxyl groups is 3. The molecule has 0 aromatic carbocycles. The van der Waals surface area contributed by atoms with E-state index in [-0.39, 0.29) is 6.29 Å². The van der Waals surface area contributed by atoms with Gasteiger partial charge in [-0.3, -0.25) is 0 Å². The standard InChI is InChI=1S/C5H10O5/c1-10-4(2-6)5(8,9)3-7/h2,4,7-9H,3H2,1H3. The summed E-state index contributed by atoms with van der Waals surface area (Å²) in [6.07, 6.45) is -1.20. The molecule has 0 saturated heterocycles. The van der Waals surface area contributed by atoms with Crippen LogP contribution in [0.2, 0.25) is 0 Å². The second-order valence-electron chi connectivity index (χ2n) is 1.83. The van der Waals surface area contributed by atoms with Crippen molar-refractivity contribution in [1.82, 2.24) is 0 Å². The number of methoxy groups -OCH3 is 1. The number of ether oxygens (including phenoxy) is 1. The fraction of sp³-hybridized carbons (Fsp3) is 0.800. The predicted molar refractivity (Wildman–Crippen MR) is 31.1 cm³/mol. The first kappa shape index (κ1) is 9.51. The molecule has 0 aliphatic rings. The van der Waals surface area contributed by atoms with Crippen molar-refractivity contribution in [3.63, 3.8) is 0 Å². The Bertz CT molecular complexity index is 111. The first-order valence-electron chi connectivity index (χ1n) is 2.62. The van der Waals surface area contributed by atoms with E-state index in [1.807, 2.05) is 0 Å². The molecule has 1 atom stereocenters. The molecule has 60 valence electrons. The third-order valence-electron chi connectivity index (χ3n) is 1.07. The van der Waals surface area contributed by atoms with Gasteiger partial charge in [-0.25, -0.2) is 0 Å². The molecule has 0 aromatic heterocycles. The lowest BCUT2D eigenvalue weighted by molar-refractivity contribution is -0.240. The molecular weight excluding hydrogens is 140 g/mol. The van der Waals surface area contributed by atoms with Gasteiger partial charge in [-0.2, -0.15) is 0 Å². The van der Waals surface area contributed by atoms with Gasteiger partial charge in [0.05, 0.1) is 6.61 Å². The lowest BCUT2D eigenvalue weighted by Gasteiger charge is -2.23. The summed E-state index contributed by atoms with van der Waals surface area (Å²) < 4.78 is 4.33. The van der Waals surface area contributed by atoms with Crippen molar-refractivity contribution < 1.29 is 24.9 Å². The molecule has 0 amide bonds. The molecule has 5 heteroatoms. The summed E-state index contributed by atoms with van der Waals surface area (Å²) in [6, 6.07) is 0. The SMILES string of the molecule is COC(C=O)C(O)(O)CO. The van der Waals surface area contributed by atoms with E-state index in [2.05, 4.69) is 4.74 Å². The van der Waals surface area contributed by atoms with Gasteiger partial charge in [-0.05, 0) is 0 Å². The van der Waals surface area contributed by atoms with Crippen LogP contribution in [-0.2, 0) is 9.53 Å². The van der Waals surface area contributed by atoms with Crippen LogP contribution in [0.1, 0.15) is 0 Å². The average molecular weight is 150 g/mol. The second kappa shape index (κ2) is 3.62. The Morgan fingerprint density at radius 1 is 1.70 bits per heavy atom. The highest BCUT2D eigenvalue weighted by Crippen LogP contribution is 2.05. The van der Waals surface area contributed by atoms with E-state index in [1.165, 1.54) is 0 Å². The van der Waals surface area contributed by atoms with Gasteiger partial charge < -0.3 is 24.9 Å². The molecule has 0 aromatic rings. The summed E-state index contributed by atoms with van der Waals surface area (Å²) in [5.74, 6) is -2.48. The summed E-state index contributed by atoms with van der Waals surface area (Å²) in [5, 5.41) is 25.8. The van der Waals surface area contributed by atoms with Crippen LogP contribution in [0.3, 0.4) is 0 Å². The summed E-state index contributed by atoms with van der Waals surface area (Å²) in [5.41, 5.74) is 0. The monoisotopic (exact) mass is 150 g/mol. The minimum Gasteiger partial charge on any atom is -0.391 e. The highest BCUT2D eigenvalue weighted by molar-refractivity contribution is 5.57. The molecule has 0 saturated carbocycles. The van der Waals surface area contributed by atoms with Gasteiger partial charge in [0.15, 0.2) is 12.4 Å². The number of hydrogen-bond acceptors (Lipinski definition) is 5. The normalized spacial score (nSPS) is 14.8. The molecular formula is C5H10O5. The molecule has 0 aliphatic carbocycles. The van der Waals surface area contributed by atoms with Crippen molar-refractivity contribution in [3.8, 4) is 0 Å². The van der Waals surface area contributed by atoms with Crippen molar-refractivity contribution in [2.45, 2.75) is 11.9 Å². The maximum absolute atomic E-state index is 9.99. The van der Waals surface area contributed by atoms with Crippen molar-refractivity contribution in [3.05, 3.63) is 0 Å². The first-order chi connectivity index (χ1) is 4.58. The van der Waals surface area contributed by atoms with Gasteiger partial charge >= 0.3 is 0 Å². The van der Waals surface area contributed by atoms with Crippen LogP contribution in [0.15, 0.2) is 0 Å². The maximum Gasteiger partial charge on any atom is 0.220 e. The van der Waals surface area contributed by atoms with Crippen LogP contribution < -0.4 is 0 Å². The number of aldehydes is 1. The van der Waals surface area contributed by atoms with Crippen molar-refractivity contribution >= 4 is 6.29 Å². The summed E-state index contributed by atoms with van der Waals surface area (Å²) in [7, 11) is 1.13. The van der Waals surface area contributed by atoms with Crippen molar-refractivity contribution in [1.29, 1.82) is 0 Å². The van der Waals surface area contributed by atoms with E-state index in [4.69, 9.17) is 15.3 Å². The molecule has 0 spiro atoms. The van der Waals surface area contributed by atoms with Crippen molar-refractivity contribution in [2.75, 3.05) is 13.7 Å². The topological polar surface area (TPSA) is 87.0 Å². The fourth-order valence-electron chi connectivity index (χ4n) is 0.443. The molecule has 0 bridgehead atoms. The molecule has 0 aliphatic heterocycles. The van der Waals surface area contributed by atoms with Crippen LogP contribution in [0.25, 0.3) is 0 Å². The molecule has 0 radical (unpaired) electrons. The summed E-state index contributed by atoms with van der Waals surface area (Å²) >= 11 is 0. The van der Waals surface area contributed by atoms with E-state index in [1.54, 1.807) is 0 Å². The first-order valence-corrected chi connectivity index (χ1v) is 2.62. The van der Waals surface area contributed by atoms with Gasteiger partial charge in [0.2, 0.25) is 5.79 Å². The lowest BCUT2D eigenvalue weighted by atomic mass is 10.2. The largest absolute Gasteiger partial charge is 0.391 e. The Morgan fingerprint density at radius 3 is 2.30 bits per heavy atom. The number of hydrogen-bond donors (Lipinski definition) is 3. The smallest absolute Gasteiger partial charge is 0.220 e. The number of rotatable bonds is 4. The molecule has 0 heterocycles. The summed E-state index contributed by atoms with van der Waals surface area (Å²) in [4.78, 5) is 9.99. The zero-order valence-corrected chi connectivity index (χ0v) is 5.52. The zero-order valence-electron chi connectivity index (χ0n) is 5.52. The van der Waals surface area contributed by atoms with Crippen LogP contribution in [0.4, 0.5) is 0 Å². The van der Waals surface area contributed by atoms with Gasteiger partial charge in [0.25, 0.3) is 0 Å². The minimum atomic E-state index is -2.48. The Labute approximate surface area is 57.9 Å². The van der Waals surface area contributed by atoms with Crippen LogP contribution in [0, 0.1) is 0 Å². The molecule has 10 heavy (non-hydrogen) atoms. The molecule has 3 N–H and O–H groups in total. The Morgan fingerprint density at radius 2 is 2.20 bits per heavy atom. The fourth-order valence-corrected chi connectivity index (χ4v) is 0.443. The van der Waals surface area contributed by atoms with E-state index in [9.17, 15) is 4.79 Å². The lowest BCUT2D eigenvalue weighted by Crippen LogP contribution is -2.47. The number of carbonyl (C=O) groups excluding carboxylic acids is 1. The van der Waals surface area contributed by atoms with Crippen LogP contribution in [0.5, 0.6) is 0 Å². The van der Waals surface area contributed by atoms with E-state index >= 15 is 0 Å². The minimum absolute atomic E-state index is 0.205. The Balaban J connectivity index is 4.10. The third-order valence-corrected chi connectivity index (χ3v) is 1.07. The zero-order chi connectivity index (χ0) is 8.20. The van der Waals surface area contributed by atoms with E-state index in [0.29, 0.717) is 0 Å². The second-order valence-corrected chi connectivity index (χ2v) is 1.83. The molecule has 1 unspecified atom stereocenters. The number of aliphatic hydroxyl groups excluding tert-OH is 1. The van der Waals surface area contributed by atoms with Gasteiger partial charge in [-0.1, -0.05) is 0 Å². The average Bonchev–Trinajstić information content (AvgIpc) is 1.90. The highest BCUT2D eigenvalue weighted by Gasteiger charge is 2.33. The Hall–Kier alpha value is -0.490. The van der Waals surface area contributed by atoms with Gasteiger partial charge in [-0.15, -0.1) is 0 Å². The van der Waals surface area contributed by atoms with Crippen LogP contribution in [-0.4, -0.2) is 47.2 Å². The highest BCUT2D eigenvalue weighted by atomic mass is 16.6. The molecule has 0 fully saturated rings. The van der Waals surface area contributed by atoms with Crippen molar-refractivity contribution in [2.24, 2.45) is 0 Å².